The number of hydrogen-bond acceptors (Lipinski definition) is 3. The van der Waals surface area contributed by atoms with Crippen LogP contribution in [0.3, 0.4) is 0 Å². The van der Waals surface area contributed by atoms with E-state index in [0.29, 0.717) is 11.3 Å². The quantitative estimate of drug-likeness (QED) is 0.775. The summed E-state index contributed by atoms with van der Waals surface area (Å²) >= 11 is 0. The average Bonchev–Trinajstić information content (AvgIpc) is 3.28. The lowest BCUT2D eigenvalue weighted by molar-refractivity contribution is -0.115. The predicted octanol–water partition coefficient (Wildman–Crippen LogP) is 4.05. The van der Waals surface area contributed by atoms with Crippen LogP contribution in [0.4, 0.5) is 13.2 Å². The van der Waals surface area contributed by atoms with Crippen LogP contribution in [0.25, 0.3) is 11.3 Å². The molecule has 2 atom stereocenters. The second-order valence-corrected chi connectivity index (χ2v) is 6.49. The highest BCUT2D eigenvalue weighted by Gasteiger charge is 2.36. The van der Waals surface area contributed by atoms with E-state index in [-0.39, 0.29) is 17.9 Å². The van der Waals surface area contributed by atoms with E-state index < -0.39 is 17.9 Å². The van der Waals surface area contributed by atoms with E-state index in [1.807, 2.05) is 0 Å². The van der Waals surface area contributed by atoms with Gasteiger partial charge in [-0.1, -0.05) is 0 Å². The Labute approximate surface area is 136 Å². The van der Waals surface area contributed by atoms with E-state index in [1.165, 1.54) is 6.07 Å². The molecule has 2 fully saturated rings. The fourth-order valence-electron chi connectivity index (χ4n) is 3.19. The highest BCUT2D eigenvalue weighted by Crippen LogP contribution is 2.45. The van der Waals surface area contributed by atoms with Crippen molar-refractivity contribution < 1.29 is 18.0 Å². The zero-order chi connectivity index (χ0) is 16.8. The van der Waals surface area contributed by atoms with Crippen molar-refractivity contribution in [1.29, 1.82) is 0 Å². The van der Waals surface area contributed by atoms with Gasteiger partial charge in [-0.2, -0.15) is 5.10 Å². The van der Waals surface area contributed by atoms with Crippen molar-refractivity contribution in [2.45, 2.75) is 44.1 Å². The van der Waals surface area contributed by atoms with Crippen LogP contribution in [0.2, 0.25) is 0 Å². The zero-order valence-corrected chi connectivity index (χ0v) is 12.8. The third kappa shape index (κ3) is 2.52. The van der Waals surface area contributed by atoms with Crippen molar-refractivity contribution in [3.05, 3.63) is 35.5 Å². The lowest BCUT2D eigenvalue weighted by atomic mass is 9.81. The summed E-state index contributed by atoms with van der Waals surface area (Å²) in [6.45, 7) is 0. The Morgan fingerprint density at radius 2 is 2.00 bits per heavy atom. The van der Waals surface area contributed by atoms with Crippen molar-refractivity contribution in [1.82, 2.24) is 14.8 Å². The van der Waals surface area contributed by atoms with Crippen LogP contribution in [-0.4, -0.2) is 21.1 Å². The van der Waals surface area contributed by atoms with E-state index in [0.717, 1.165) is 43.7 Å². The van der Waals surface area contributed by atoms with Crippen LogP contribution in [0.1, 0.15) is 55.5 Å². The number of aldehydes is 1. The monoisotopic (exact) mass is 335 g/mol. The van der Waals surface area contributed by atoms with E-state index in [1.54, 1.807) is 10.9 Å². The summed E-state index contributed by atoms with van der Waals surface area (Å²) in [5.41, 5.74) is 0.944. The van der Waals surface area contributed by atoms with Gasteiger partial charge in [0.05, 0.1) is 17.4 Å². The fourth-order valence-corrected chi connectivity index (χ4v) is 3.19. The lowest BCUT2D eigenvalue weighted by Crippen LogP contribution is -2.30. The molecule has 2 heterocycles. The van der Waals surface area contributed by atoms with Crippen molar-refractivity contribution in [3.8, 4) is 11.3 Å². The number of nitrogens with zero attached hydrogens (tertiary/aromatic N) is 3. The highest BCUT2D eigenvalue weighted by atomic mass is 19.3. The molecule has 0 amide bonds. The molecule has 2 aromatic rings. The van der Waals surface area contributed by atoms with E-state index in [9.17, 15) is 18.0 Å². The first-order valence-electron chi connectivity index (χ1n) is 8.07. The van der Waals surface area contributed by atoms with Crippen molar-refractivity contribution in [2.24, 2.45) is 5.92 Å². The molecule has 0 radical (unpaired) electrons. The summed E-state index contributed by atoms with van der Waals surface area (Å²) in [7, 11) is 0. The minimum atomic E-state index is -2.96. The maximum atomic E-state index is 13.5. The van der Waals surface area contributed by atoms with E-state index in [2.05, 4.69) is 10.1 Å². The third-order valence-corrected chi connectivity index (χ3v) is 4.88. The molecule has 4 nitrogen and oxygen atoms in total. The molecule has 2 aromatic heterocycles. The number of carbonyl (C=O) groups excluding carboxylic acids is 1. The molecule has 2 aliphatic rings. The molecule has 7 heteroatoms. The van der Waals surface area contributed by atoms with Gasteiger partial charge in [0, 0.05) is 23.6 Å². The van der Waals surface area contributed by atoms with Crippen LogP contribution in [0, 0.1) is 11.7 Å². The van der Waals surface area contributed by atoms with Crippen molar-refractivity contribution in [3.63, 3.8) is 0 Å². The Morgan fingerprint density at radius 1 is 1.21 bits per heavy atom. The van der Waals surface area contributed by atoms with Crippen LogP contribution in [-0.2, 0) is 4.79 Å². The third-order valence-electron chi connectivity index (χ3n) is 4.88. The van der Waals surface area contributed by atoms with Gasteiger partial charge in [0.25, 0.3) is 6.43 Å². The van der Waals surface area contributed by atoms with Crippen LogP contribution in [0.15, 0.2) is 18.3 Å². The van der Waals surface area contributed by atoms with Gasteiger partial charge in [0.2, 0.25) is 0 Å². The summed E-state index contributed by atoms with van der Waals surface area (Å²) in [5, 5.41) is 4.60. The Kier molecular flexibility index (Phi) is 3.66. The van der Waals surface area contributed by atoms with E-state index in [4.69, 9.17) is 0 Å². The Bertz CT molecular complexity index is 785. The highest BCUT2D eigenvalue weighted by molar-refractivity contribution is 5.63. The lowest BCUT2D eigenvalue weighted by Gasteiger charge is -2.32. The summed E-state index contributed by atoms with van der Waals surface area (Å²) in [6, 6.07) is 2.45. The molecule has 126 valence electrons. The molecule has 2 unspecified atom stereocenters. The maximum Gasteiger partial charge on any atom is 0.283 e. The van der Waals surface area contributed by atoms with Gasteiger partial charge >= 0.3 is 0 Å². The Morgan fingerprint density at radius 3 is 2.58 bits per heavy atom. The van der Waals surface area contributed by atoms with Gasteiger partial charge in [-0.3, -0.25) is 4.68 Å². The summed E-state index contributed by atoms with van der Waals surface area (Å²) in [5.74, 6) is -0.769. The second kappa shape index (κ2) is 5.72. The largest absolute Gasteiger partial charge is 0.303 e. The summed E-state index contributed by atoms with van der Waals surface area (Å²) in [4.78, 5) is 14.9. The normalized spacial score (nSPS) is 23.3. The summed E-state index contributed by atoms with van der Waals surface area (Å²) < 4.78 is 41.1. The molecule has 0 N–H and O–H groups in total. The van der Waals surface area contributed by atoms with Gasteiger partial charge in [-0.05, 0) is 37.8 Å². The van der Waals surface area contributed by atoms with Crippen LogP contribution >= 0.6 is 0 Å². The topological polar surface area (TPSA) is 47.8 Å². The van der Waals surface area contributed by atoms with Crippen LogP contribution in [0.5, 0.6) is 0 Å². The number of pyridine rings is 1. The first-order chi connectivity index (χ1) is 11.6. The van der Waals surface area contributed by atoms with E-state index >= 15 is 0 Å². The first kappa shape index (κ1) is 15.4. The molecule has 0 spiro atoms. The van der Waals surface area contributed by atoms with Gasteiger partial charge < -0.3 is 4.79 Å². The summed E-state index contributed by atoms with van der Waals surface area (Å²) in [6.07, 6.45) is 3.44. The molecule has 0 aliphatic heterocycles. The zero-order valence-electron chi connectivity index (χ0n) is 12.8. The number of carbonyl (C=O) groups is 1. The molecule has 2 aliphatic carbocycles. The second-order valence-electron chi connectivity index (χ2n) is 6.49. The SMILES string of the molecule is O=CC1CCC1n1cc(-c2ccc(F)c(C(F)F)n2)c(C2CC2)n1. The molecule has 4 rings (SSSR count). The minimum Gasteiger partial charge on any atom is -0.303 e. The van der Waals surface area contributed by atoms with Gasteiger partial charge in [0.1, 0.15) is 12.0 Å². The molecular weight excluding hydrogens is 319 g/mol. The van der Waals surface area contributed by atoms with Gasteiger partial charge in [0.15, 0.2) is 5.82 Å². The standard InChI is InChI=1S/C17H16F3N3O/c18-12-4-5-13(21-16(12)17(19)20)11-7-23(14-6-3-10(14)8-24)22-15(11)9-1-2-9/h4-5,7-10,14,17H,1-3,6H2. The number of hydrogen-bond donors (Lipinski definition) is 0. The first-order valence-corrected chi connectivity index (χ1v) is 8.07. The number of rotatable bonds is 5. The molecule has 0 aromatic carbocycles. The number of aromatic nitrogens is 3. The molecule has 0 saturated heterocycles. The Balaban J connectivity index is 1.76. The smallest absolute Gasteiger partial charge is 0.283 e. The van der Waals surface area contributed by atoms with Gasteiger partial charge in [-0.25, -0.2) is 18.2 Å². The van der Waals surface area contributed by atoms with Crippen molar-refractivity contribution in [2.75, 3.05) is 0 Å². The molecule has 0 bridgehead atoms. The van der Waals surface area contributed by atoms with Crippen molar-refractivity contribution >= 4 is 6.29 Å². The van der Waals surface area contributed by atoms with Gasteiger partial charge in [-0.15, -0.1) is 0 Å². The molecule has 2 saturated carbocycles. The predicted molar refractivity (Wildman–Crippen MR) is 80.2 cm³/mol. The fraction of sp³-hybridized carbons (Fsp3) is 0.471. The van der Waals surface area contributed by atoms with Crippen LogP contribution < -0.4 is 0 Å². The number of halogens is 3. The minimum absolute atomic E-state index is 0.0174. The number of alkyl halides is 2. The Hall–Kier alpha value is -2.18. The maximum absolute atomic E-state index is 13.5. The molecular formula is C17H16F3N3O. The average molecular weight is 335 g/mol. The molecule has 24 heavy (non-hydrogen) atoms.